The minimum Gasteiger partial charge on any atom is -0.338 e. The molecule has 0 aromatic heterocycles. The number of hydrogen-bond donors (Lipinski definition) is 1. The van der Waals surface area contributed by atoms with Crippen molar-refractivity contribution >= 4 is 5.91 Å². The van der Waals surface area contributed by atoms with Gasteiger partial charge in [-0.3, -0.25) is 4.79 Å². The van der Waals surface area contributed by atoms with Gasteiger partial charge in [0.25, 0.3) is 0 Å². The molecule has 0 saturated carbocycles. The van der Waals surface area contributed by atoms with Crippen molar-refractivity contribution in [3.63, 3.8) is 0 Å². The summed E-state index contributed by atoms with van der Waals surface area (Å²) in [6.45, 7) is 5.53. The van der Waals surface area contributed by atoms with Crippen molar-refractivity contribution < 1.29 is 13.6 Å². The molecule has 1 aliphatic rings. The van der Waals surface area contributed by atoms with E-state index in [0.717, 1.165) is 25.5 Å². The maximum absolute atomic E-state index is 13.7. The van der Waals surface area contributed by atoms with E-state index >= 15 is 0 Å². The zero-order valence-corrected chi connectivity index (χ0v) is 12.5. The molecule has 2 rings (SSSR count). The van der Waals surface area contributed by atoms with E-state index in [2.05, 4.69) is 5.32 Å². The van der Waals surface area contributed by atoms with Gasteiger partial charge in [-0.25, -0.2) is 8.78 Å². The van der Waals surface area contributed by atoms with Crippen molar-refractivity contribution in [2.45, 2.75) is 45.2 Å². The summed E-state index contributed by atoms with van der Waals surface area (Å²) in [6, 6.07) is 3.72. The Morgan fingerprint density at radius 1 is 1.43 bits per heavy atom. The van der Waals surface area contributed by atoms with Crippen LogP contribution < -0.4 is 5.32 Å². The largest absolute Gasteiger partial charge is 0.338 e. The van der Waals surface area contributed by atoms with Crippen molar-refractivity contribution in [1.29, 1.82) is 0 Å². The lowest BCUT2D eigenvalue weighted by Gasteiger charge is -2.29. The summed E-state index contributed by atoms with van der Waals surface area (Å²) in [5.74, 6) is -1.41. The summed E-state index contributed by atoms with van der Waals surface area (Å²) in [7, 11) is 0. The van der Waals surface area contributed by atoms with E-state index in [1.165, 1.54) is 12.1 Å². The molecule has 0 bridgehead atoms. The highest BCUT2D eigenvalue weighted by Gasteiger charge is 2.24. The average Bonchev–Trinajstić information content (AvgIpc) is 2.91. The molecule has 1 heterocycles. The molecule has 0 aliphatic carbocycles. The number of carbonyl (C=O) groups excluding carboxylic acids is 1. The fraction of sp³-hybridized carbons (Fsp3) is 0.562. The van der Waals surface area contributed by atoms with Gasteiger partial charge in [0, 0.05) is 24.7 Å². The zero-order chi connectivity index (χ0) is 15.4. The minimum absolute atomic E-state index is 0.0307. The number of benzene rings is 1. The molecule has 1 unspecified atom stereocenters. The zero-order valence-electron chi connectivity index (χ0n) is 12.5. The standard InChI is InChI=1S/C16H22F2N2O/c1-11(2)20(10-14-4-3-7-19-14)16(21)8-12-5-6-13(17)9-15(12)18/h5-6,9,11,14,19H,3-4,7-8,10H2,1-2H3. The van der Waals surface area contributed by atoms with E-state index in [0.29, 0.717) is 12.6 Å². The van der Waals surface area contributed by atoms with E-state index in [-0.39, 0.29) is 23.9 Å². The lowest BCUT2D eigenvalue weighted by molar-refractivity contribution is -0.132. The van der Waals surface area contributed by atoms with Crippen LogP contribution in [0, 0.1) is 11.6 Å². The fourth-order valence-corrected chi connectivity index (χ4v) is 2.68. The first-order chi connectivity index (χ1) is 9.97. The normalized spacial score (nSPS) is 18.2. The summed E-state index contributed by atoms with van der Waals surface area (Å²) in [4.78, 5) is 14.2. The third kappa shape index (κ3) is 4.24. The molecular weight excluding hydrogens is 274 g/mol. The maximum Gasteiger partial charge on any atom is 0.227 e. The molecule has 1 N–H and O–H groups in total. The van der Waals surface area contributed by atoms with Crippen molar-refractivity contribution in [2.24, 2.45) is 0 Å². The Labute approximate surface area is 124 Å². The smallest absolute Gasteiger partial charge is 0.227 e. The number of hydrogen-bond acceptors (Lipinski definition) is 2. The van der Waals surface area contributed by atoms with E-state index in [1.807, 2.05) is 13.8 Å². The third-order valence-corrected chi connectivity index (χ3v) is 3.88. The molecule has 0 radical (unpaired) electrons. The molecule has 1 aromatic carbocycles. The van der Waals surface area contributed by atoms with E-state index in [1.54, 1.807) is 4.90 Å². The summed E-state index contributed by atoms with van der Waals surface area (Å²) < 4.78 is 26.6. The average molecular weight is 296 g/mol. The Balaban J connectivity index is 2.03. The van der Waals surface area contributed by atoms with Gasteiger partial charge in [-0.1, -0.05) is 6.07 Å². The van der Waals surface area contributed by atoms with Crippen LogP contribution in [0.25, 0.3) is 0 Å². The number of amides is 1. The van der Waals surface area contributed by atoms with Crippen LogP contribution in [0.15, 0.2) is 18.2 Å². The van der Waals surface area contributed by atoms with Crippen LogP contribution in [0.5, 0.6) is 0 Å². The van der Waals surface area contributed by atoms with E-state index in [9.17, 15) is 13.6 Å². The van der Waals surface area contributed by atoms with Crippen molar-refractivity contribution in [3.05, 3.63) is 35.4 Å². The van der Waals surface area contributed by atoms with Crippen molar-refractivity contribution in [3.8, 4) is 0 Å². The van der Waals surface area contributed by atoms with Gasteiger partial charge in [0.05, 0.1) is 6.42 Å². The maximum atomic E-state index is 13.7. The second kappa shape index (κ2) is 6.98. The number of rotatable bonds is 5. The Kier molecular flexibility index (Phi) is 5.28. The van der Waals surface area contributed by atoms with Crippen LogP contribution in [-0.4, -0.2) is 36.0 Å². The molecule has 1 aliphatic heterocycles. The second-order valence-corrected chi connectivity index (χ2v) is 5.85. The highest BCUT2D eigenvalue weighted by atomic mass is 19.1. The van der Waals surface area contributed by atoms with Gasteiger partial charge >= 0.3 is 0 Å². The van der Waals surface area contributed by atoms with Gasteiger partial charge in [0.2, 0.25) is 5.91 Å². The van der Waals surface area contributed by atoms with Crippen LogP contribution in [0.2, 0.25) is 0 Å². The van der Waals surface area contributed by atoms with Gasteiger partial charge < -0.3 is 10.2 Å². The summed E-state index contributed by atoms with van der Waals surface area (Å²) in [5, 5.41) is 3.36. The van der Waals surface area contributed by atoms with Crippen molar-refractivity contribution in [2.75, 3.05) is 13.1 Å². The molecular formula is C16H22F2N2O. The Bertz CT molecular complexity index is 499. The van der Waals surface area contributed by atoms with E-state index in [4.69, 9.17) is 0 Å². The molecule has 116 valence electrons. The molecule has 1 saturated heterocycles. The van der Waals surface area contributed by atoms with Crippen LogP contribution in [-0.2, 0) is 11.2 Å². The van der Waals surface area contributed by atoms with Crippen molar-refractivity contribution in [1.82, 2.24) is 10.2 Å². The quantitative estimate of drug-likeness (QED) is 0.905. The topological polar surface area (TPSA) is 32.3 Å². The Morgan fingerprint density at radius 2 is 2.19 bits per heavy atom. The predicted molar refractivity (Wildman–Crippen MR) is 77.9 cm³/mol. The van der Waals surface area contributed by atoms with Gasteiger partial charge in [-0.05, 0) is 44.9 Å². The first kappa shape index (κ1) is 15.9. The third-order valence-electron chi connectivity index (χ3n) is 3.88. The highest BCUT2D eigenvalue weighted by Crippen LogP contribution is 2.14. The number of nitrogens with zero attached hydrogens (tertiary/aromatic N) is 1. The lowest BCUT2D eigenvalue weighted by Crippen LogP contribution is -2.45. The summed E-state index contributed by atoms with van der Waals surface area (Å²) in [5.41, 5.74) is 0.242. The molecule has 3 nitrogen and oxygen atoms in total. The van der Waals surface area contributed by atoms with E-state index < -0.39 is 11.6 Å². The predicted octanol–water partition coefficient (Wildman–Crippen LogP) is 2.50. The number of nitrogens with one attached hydrogen (secondary N) is 1. The molecule has 1 amide bonds. The van der Waals surface area contributed by atoms with Gasteiger partial charge in [-0.15, -0.1) is 0 Å². The molecule has 1 aromatic rings. The van der Waals surface area contributed by atoms with Crippen LogP contribution in [0.4, 0.5) is 8.78 Å². The molecule has 1 atom stereocenters. The lowest BCUT2D eigenvalue weighted by atomic mass is 10.1. The molecule has 5 heteroatoms. The number of halogens is 2. The summed E-state index contributed by atoms with van der Waals surface area (Å²) >= 11 is 0. The number of carbonyl (C=O) groups is 1. The summed E-state index contributed by atoms with van der Waals surface area (Å²) in [6.07, 6.45) is 2.15. The first-order valence-electron chi connectivity index (χ1n) is 7.44. The highest BCUT2D eigenvalue weighted by molar-refractivity contribution is 5.79. The van der Waals surface area contributed by atoms with Crippen LogP contribution in [0.1, 0.15) is 32.3 Å². The molecule has 0 spiro atoms. The van der Waals surface area contributed by atoms with Gasteiger partial charge in [0.15, 0.2) is 0 Å². The fourth-order valence-electron chi connectivity index (χ4n) is 2.68. The SMILES string of the molecule is CC(C)N(CC1CCCN1)C(=O)Cc1ccc(F)cc1F. The van der Waals surface area contributed by atoms with Crippen LogP contribution >= 0.6 is 0 Å². The molecule has 1 fully saturated rings. The minimum atomic E-state index is -0.661. The molecule has 21 heavy (non-hydrogen) atoms. The Morgan fingerprint density at radius 3 is 2.76 bits per heavy atom. The second-order valence-electron chi connectivity index (χ2n) is 5.85. The Hall–Kier alpha value is -1.49. The first-order valence-corrected chi connectivity index (χ1v) is 7.44. The monoisotopic (exact) mass is 296 g/mol. The van der Waals surface area contributed by atoms with Crippen LogP contribution in [0.3, 0.4) is 0 Å². The van der Waals surface area contributed by atoms with Gasteiger partial charge in [0.1, 0.15) is 11.6 Å². The van der Waals surface area contributed by atoms with Gasteiger partial charge in [-0.2, -0.15) is 0 Å².